The molecule has 0 saturated carbocycles. The molecule has 2 heterocycles. The molecule has 0 N–H and O–H groups in total. The maximum atomic E-state index is 5.80. The van der Waals surface area contributed by atoms with Crippen LogP contribution in [0.5, 0.6) is 5.75 Å². The van der Waals surface area contributed by atoms with Gasteiger partial charge in [-0.3, -0.25) is 4.90 Å². The monoisotopic (exact) mass is 373 g/mol. The summed E-state index contributed by atoms with van der Waals surface area (Å²) in [4.78, 5) is 2.57. The number of nitrogens with zero attached hydrogens (tertiary/aromatic N) is 1. The van der Waals surface area contributed by atoms with Crippen LogP contribution in [-0.4, -0.2) is 29.4 Å². The van der Waals surface area contributed by atoms with Crippen molar-refractivity contribution in [3.8, 4) is 5.75 Å². The second-order valence-corrected chi connectivity index (χ2v) is 6.64. The fourth-order valence-corrected chi connectivity index (χ4v) is 4.25. The number of hydrogen-bond donors (Lipinski definition) is 0. The van der Waals surface area contributed by atoms with Crippen molar-refractivity contribution < 1.29 is 4.74 Å². The van der Waals surface area contributed by atoms with Gasteiger partial charge in [-0.15, -0.1) is 0 Å². The van der Waals surface area contributed by atoms with Gasteiger partial charge in [-0.1, -0.05) is 31.9 Å². The Kier molecular flexibility index (Phi) is 3.97. The molecule has 18 heavy (non-hydrogen) atoms. The lowest BCUT2D eigenvalue weighted by atomic mass is 10.1. The minimum absolute atomic E-state index is 0.682. The molecule has 0 amide bonds. The molecule has 0 aromatic heterocycles. The second-order valence-electron chi connectivity index (χ2n) is 5.07. The predicted octanol–water partition coefficient (Wildman–Crippen LogP) is 3.74. The van der Waals surface area contributed by atoms with E-state index in [4.69, 9.17) is 4.74 Å². The highest BCUT2D eigenvalue weighted by molar-refractivity contribution is 9.10. The van der Waals surface area contributed by atoms with Gasteiger partial charge < -0.3 is 4.74 Å². The van der Waals surface area contributed by atoms with Crippen LogP contribution < -0.4 is 4.74 Å². The van der Waals surface area contributed by atoms with Crippen molar-refractivity contribution in [3.05, 3.63) is 27.7 Å². The molecule has 1 fully saturated rings. The molecule has 98 valence electrons. The maximum Gasteiger partial charge on any atom is 0.127 e. The van der Waals surface area contributed by atoms with Crippen molar-refractivity contribution in [1.82, 2.24) is 4.90 Å². The standard InChI is InChI=1S/C14H17Br2NO/c15-8-13-2-1-4-17(13)9-11-7-12(16)6-10-3-5-18-14(10)11/h6-7,13H,1-5,8-9H2. The van der Waals surface area contributed by atoms with E-state index in [0.29, 0.717) is 6.04 Å². The fourth-order valence-electron chi connectivity index (χ4n) is 2.96. The van der Waals surface area contributed by atoms with E-state index in [1.165, 1.54) is 35.0 Å². The average Bonchev–Trinajstić information content (AvgIpc) is 2.96. The van der Waals surface area contributed by atoms with Crippen LogP contribution in [0.3, 0.4) is 0 Å². The first-order valence-corrected chi connectivity index (χ1v) is 8.43. The van der Waals surface area contributed by atoms with Crippen molar-refractivity contribution in [2.24, 2.45) is 0 Å². The third-order valence-corrected chi connectivity index (χ3v) is 5.08. The molecule has 1 saturated heterocycles. The van der Waals surface area contributed by atoms with Crippen LogP contribution >= 0.6 is 31.9 Å². The Bertz CT molecular complexity index is 450. The van der Waals surface area contributed by atoms with Gasteiger partial charge in [0.1, 0.15) is 5.75 Å². The van der Waals surface area contributed by atoms with Crippen LogP contribution in [0.25, 0.3) is 0 Å². The number of ether oxygens (including phenoxy) is 1. The number of benzene rings is 1. The van der Waals surface area contributed by atoms with Gasteiger partial charge in [-0.05, 0) is 37.1 Å². The highest BCUT2D eigenvalue weighted by atomic mass is 79.9. The van der Waals surface area contributed by atoms with Crippen molar-refractivity contribution >= 4 is 31.9 Å². The minimum Gasteiger partial charge on any atom is -0.493 e. The number of hydrogen-bond acceptors (Lipinski definition) is 2. The van der Waals surface area contributed by atoms with Crippen molar-refractivity contribution in [3.63, 3.8) is 0 Å². The van der Waals surface area contributed by atoms with Crippen molar-refractivity contribution in [1.29, 1.82) is 0 Å². The zero-order chi connectivity index (χ0) is 12.5. The first kappa shape index (κ1) is 12.9. The predicted molar refractivity (Wildman–Crippen MR) is 80.6 cm³/mol. The molecule has 1 atom stereocenters. The third-order valence-electron chi connectivity index (χ3n) is 3.88. The van der Waals surface area contributed by atoms with Crippen LogP contribution in [-0.2, 0) is 13.0 Å². The zero-order valence-corrected chi connectivity index (χ0v) is 13.5. The molecule has 1 unspecified atom stereocenters. The number of halogens is 2. The maximum absolute atomic E-state index is 5.80. The Morgan fingerprint density at radius 2 is 2.28 bits per heavy atom. The highest BCUT2D eigenvalue weighted by Gasteiger charge is 2.26. The SMILES string of the molecule is BrCC1CCCN1Cc1cc(Br)cc2c1OCC2. The summed E-state index contributed by atoms with van der Waals surface area (Å²) >= 11 is 7.24. The van der Waals surface area contributed by atoms with Gasteiger partial charge in [0.25, 0.3) is 0 Å². The summed E-state index contributed by atoms with van der Waals surface area (Å²) in [5, 5.41) is 1.07. The Hall–Kier alpha value is -0.0600. The largest absolute Gasteiger partial charge is 0.493 e. The van der Waals surface area contributed by atoms with Gasteiger partial charge >= 0.3 is 0 Å². The molecule has 3 rings (SSSR count). The van der Waals surface area contributed by atoms with E-state index >= 15 is 0 Å². The van der Waals surface area contributed by atoms with Crippen LogP contribution in [0.4, 0.5) is 0 Å². The van der Waals surface area contributed by atoms with Gasteiger partial charge in [0.05, 0.1) is 6.61 Å². The first-order chi connectivity index (χ1) is 8.78. The van der Waals surface area contributed by atoms with E-state index in [0.717, 1.165) is 30.7 Å². The lowest BCUT2D eigenvalue weighted by molar-refractivity contribution is 0.258. The van der Waals surface area contributed by atoms with E-state index in [9.17, 15) is 0 Å². The molecule has 2 aliphatic heterocycles. The fraction of sp³-hybridized carbons (Fsp3) is 0.571. The summed E-state index contributed by atoms with van der Waals surface area (Å²) in [5.74, 6) is 1.14. The third kappa shape index (κ3) is 2.47. The van der Waals surface area contributed by atoms with E-state index in [2.05, 4.69) is 48.9 Å². The number of fused-ring (bicyclic) bond motifs is 1. The average molecular weight is 375 g/mol. The number of rotatable bonds is 3. The highest BCUT2D eigenvalue weighted by Crippen LogP contribution is 2.35. The molecule has 0 spiro atoms. The van der Waals surface area contributed by atoms with Crippen LogP contribution in [0.1, 0.15) is 24.0 Å². The Morgan fingerprint density at radius 1 is 1.39 bits per heavy atom. The lowest BCUT2D eigenvalue weighted by Gasteiger charge is -2.23. The Balaban J connectivity index is 1.84. The zero-order valence-electron chi connectivity index (χ0n) is 10.3. The first-order valence-electron chi connectivity index (χ1n) is 6.52. The van der Waals surface area contributed by atoms with E-state index < -0.39 is 0 Å². The summed E-state index contributed by atoms with van der Waals surface area (Å²) in [6, 6.07) is 5.09. The second kappa shape index (κ2) is 5.51. The van der Waals surface area contributed by atoms with Gasteiger partial charge in [-0.2, -0.15) is 0 Å². The normalized spacial score (nSPS) is 23.1. The molecular weight excluding hydrogens is 358 g/mol. The molecule has 2 aliphatic rings. The molecule has 1 aromatic carbocycles. The molecule has 2 nitrogen and oxygen atoms in total. The summed E-state index contributed by atoms with van der Waals surface area (Å²) in [6.07, 6.45) is 3.67. The van der Waals surface area contributed by atoms with E-state index in [-0.39, 0.29) is 0 Å². The summed E-state index contributed by atoms with van der Waals surface area (Å²) < 4.78 is 6.98. The number of alkyl halides is 1. The smallest absolute Gasteiger partial charge is 0.127 e. The van der Waals surface area contributed by atoms with E-state index in [1.54, 1.807) is 0 Å². The van der Waals surface area contributed by atoms with Gasteiger partial charge in [0.2, 0.25) is 0 Å². The summed E-state index contributed by atoms with van der Waals surface area (Å²) in [5.41, 5.74) is 2.69. The molecule has 0 radical (unpaired) electrons. The number of likely N-dealkylation sites (tertiary alicyclic amines) is 1. The van der Waals surface area contributed by atoms with Gasteiger partial charge in [0.15, 0.2) is 0 Å². The van der Waals surface area contributed by atoms with Crippen molar-refractivity contribution in [2.75, 3.05) is 18.5 Å². The lowest BCUT2D eigenvalue weighted by Crippen LogP contribution is -2.30. The van der Waals surface area contributed by atoms with Crippen LogP contribution in [0.2, 0.25) is 0 Å². The Labute approximate surface area is 125 Å². The van der Waals surface area contributed by atoms with E-state index in [1.807, 2.05) is 0 Å². The summed E-state index contributed by atoms with van der Waals surface area (Å²) in [6.45, 7) is 3.05. The minimum atomic E-state index is 0.682. The van der Waals surface area contributed by atoms with Crippen LogP contribution in [0, 0.1) is 0 Å². The molecule has 0 bridgehead atoms. The molecular formula is C14H17Br2NO. The van der Waals surface area contributed by atoms with Crippen LogP contribution in [0.15, 0.2) is 16.6 Å². The Morgan fingerprint density at radius 3 is 3.11 bits per heavy atom. The molecule has 1 aromatic rings. The molecule has 0 aliphatic carbocycles. The summed E-state index contributed by atoms with van der Waals surface area (Å²) in [7, 11) is 0. The van der Waals surface area contributed by atoms with Gasteiger partial charge in [0, 0.05) is 34.4 Å². The quantitative estimate of drug-likeness (QED) is 0.747. The molecule has 4 heteroatoms. The van der Waals surface area contributed by atoms with Gasteiger partial charge in [-0.25, -0.2) is 0 Å². The van der Waals surface area contributed by atoms with Crippen molar-refractivity contribution in [2.45, 2.75) is 31.8 Å². The topological polar surface area (TPSA) is 12.5 Å².